The quantitative estimate of drug-likeness (QED) is 0.728. The Morgan fingerprint density at radius 2 is 1.95 bits per heavy atom. The first kappa shape index (κ1) is 17.1. The third-order valence-electron chi connectivity index (χ3n) is 3.25. The fourth-order valence-corrected chi connectivity index (χ4v) is 3.52. The standard InChI is InChI=1S/C17H28N2O2Si/c1-13(2)19-11-14(21-22(3,4)5)12-20-17-8-6-7-16-15(17)9-10-18-16/h6-10,13-14,18-19H,11-12H2,1-5H3. The lowest BCUT2D eigenvalue weighted by Gasteiger charge is -2.27. The minimum absolute atomic E-state index is 0.0725. The number of benzene rings is 1. The highest BCUT2D eigenvalue weighted by Crippen LogP contribution is 2.24. The summed E-state index contributed by atoms with van der Waals surface area (Å²) in [5, 5.41) is 4.56. The molecule has 2 N–H and O–H groups in total. The molecule has 1 aromatic carbocycles. The second-order valence-electron chi connectivity index (χ2n) is 6.92. The topological polar surface area (TPSA) is 46.3 Å². The largest absolute Gasteiger partial charge is 0.490 e. The fourth-order valence-electron chi connectivity index (χ4n) is 2.37. The van der Waals surface area contributed by atoms with E-state index in [2.05, 4.69) is 49.9 Å². The summed E-state index contributed by atoms with van der Waals surface area (Å²) in [4.78, 5) is 3.21. The van der Waals surface area contributed by atoms with Gasteiger partial charge in [0.1, 0.15) is 12.4 Å². The molecule has 122 valence electrons. The van der Waals surface area contributed by atoms with Gasteiger partial charge in [-0.2, -0.15) is 0 Å². The second kappa shape index (κ2) is 7.31. The first-order valence-electron chi connectivity index (χ1n) is 7.95. The summed E-state index contributed by atoms with van der Waals surface area (Å²) in [5.74, 6) is 0.910. The normalized spacial score (nSPS) is 13.7. The Hall–Kier alpha value is -1.30. The third-order valence-corrected chi connectivity index (χ3v) is 4.29. The van der Waals surface area contributed by atoms with Gasteiger partial charge in [-0.3, -0.25) is 0 Å². The monoisotopic (exact) mass is 320 g/mol. The number of aromatic amines is 1. The highest BCUT2D eigenvalue weighted by molar-refractivity contribution is 6.69. The average molecular weight is 321 g/mol. The Labute approximate surface area is 134 Å². The Morgan fingerprint density at radius 3 is 2.64 bits per heavy atom. The number of aromatic nitrogens is 1. The van der Waals surface area contributed by atoms with E-state index in [0.29, 0.717) is 12.6 Å². The summed E-state index contributed by atoms with van der Waals surface area (Å²) < 4.78 is 12.3. The van der Waals surface area contributed by atoms with Crippen LogP contribution in [0.3, 0.4) is 0 Å². The molecule has 5 heteroatoms. The maximum absolute atomic E-state index is 6.25. The van der Waals surface area contributed by atoms with E-state index in [4.69, 9.17) is 9.16 Å². The van der Waals surface area contributed by atoms with E-state index >= 15 is 0 Å². The van der Waals surface area contributed by atoms with Gasteiger partial charge in [-0.05, 0) is 37.8 Å². The summed E-state index contributed by atoms with van der Waals surface area (Å²) in [7, 11) is -1.60. The molecule has 1 atom stereocenters. The van der Waals surface area contributed by atoms with Crippen molar-refractivity contribution in [3.63, 3.8) is 0 Å². The molecular weight excluding hydrogens is 292 g/mol. The minimum Gasteiger partial charge on any atom is -0.490 e. The number of ether oxygens (including phenoxy) is 1. The SMILES string of the molecule is CC(C)NCC(COc1cccc2[nH]ccc12)O[Si](C)(C)C. The molecule has 1 heterocycles. The van der Waals surface area contributed by atoms with Gasteiger partial charge in [0.2, 0.25) is 0 Å². The number of hydrogen-bond acceptors (Lipinski definition) is 3. The van der Waals surface area contributed by atoms with E-state index in [9.17, 15) is 0 Å². The van der Waals surface area contributed by atoms with E-state index in [0.717, 1.165) is 23.2 Å². The van der Waals surface area contributed by atoms with Crippen LogP contribution in [0.1, 0.15) is 13.8 Å². The number of nitrogens with one attached hydrogen (secondary N) is 2. The van der Waals surface area contributed by atoms with Crippen LogP contribution in [0.25, 0.3) is 10.9 Å². The maximum Gasteiger partial charge on any atom is 0.184 e. The predicted molar refractivity (Wildman–Crippen MR) is 95.2 cm³/mol. The van der Waals surface area contributed by atoms with Crippen molar-refractivity contribution >= 4 is 19.2 Å². The number of hydrogen-bond donors (Lipinski definition) is 2. The van der Waals surface area contributed by atoms with Crippen LogP contribution in [0.5, 0.6) is 5.75 Å². The molecule has 0 amide bonds. The van der Waals surface area contributed by atoms with Gasteiger partial charge in [-0.25, -0.2) is 0 Å². The van der Waals surface area contributed by atoms with Crippen molar-refractivity contribution in [3.8, 4) is 5.75 Å². The third kappa shape index (κ3) is 5.16. The zero-order valence-corrected chi connectivity index (χ0v) is 15.3. The van der Waals surface area contributed by atoms with Crippen molar-refractivity contribution in [2.24, 2.45) is 0 Å². The van der Waals surface area contributed by atoms with Crippen molar-refractivity contribution in [2.45, 2.75) is 45.6 Å². The Kier molecular flexibility index (Phi) is 5.67. The lowest BCUT2D eigenvalue weighted by molar-refractivity contribution is 0.120. The smallest absolute Gasteiger partial charge is 0.184 e. The van der Waals surface area contributed by atoms with Crippen molar-refractivity contribution in [1.29, 1.82) is 0 Å². The van der Waals surface area contributed by atoms with Crippen LogP contribution in [0.15, 0.2) is 30.5 Å². The Bertz CT molecular complexity index is 590. The molecule has 2 aromatic rings. The fraction of sp³-hybridized carbons (Fsp3) is 0.529. The van der Waals surface area contributed by atoms with Gasteiger partial charge >= 0.3 is 0 Å². The van der Waals surface area contributed by atoms with Crippen LogP contribution in [0.2, 0.25) is 19.6 Å². The second-order valence-corrected chi connectivity index (χ2v) is 11.4. The molecule has 0 radical (unpaired) electrons. The summed E-state index contributed by atoms with van der Waals surface area (Å²) in [5.41, 5.74) is 1.10. The van der Waals surface area contributed by atoms with Gasteiger partial charge in [-0.15, -0.1) is 0 Å². The van der Waals surface area contributed by atoms with Crippen molar-refractivity contribution in [1.82, 2.24) is 10.3 Å². The molecule has 0 saturated heterocycles. The molecule has 0 spiro atoms. The molecule has 0 aliphatic rings. The highest BCUT2D eigenvalue weighted by atomic mass is 28.4. The van der Waals surface area contributed by atoms with Gasteiger partial charge < -0.3 is 19.5 Å². The highest BCUT2D eigenvalue weighted by Gasteiger charge is 2.22. The molecule has 0 aliphatic carbocycles. The molecular formula is C17H28N2O2Si. The summed E-state index contributed by atoms with van der Waals surface area (Å²) in [6.45, 7) is 12.3. The molecule has 22 heavy (non-hydrogen) atoms. The summed E-state index contributed by atoms with van der Waals surface area (Å²) in [6.07, 6.45) is 2.01. The number of H-pyrrole nitrogens is 1. The van der Waals surface area contributed by atoms with E-state index < -0.39 is 8.32 Å². The average Bonchev–Trinajstić information content (AvgIpc) is 2.89. The summed E-state index contributed by atoms with van der Waals surface area (Å²) in [6, 6.07) is 8.57. The van der Waals surface area contributed by atoms with Crippen LogP contribution in [0.4, 0.5) is 0 Å². The number of rotatable bonds is 8. The maximum atomic E-state index is 6.25. The zero-order chi connectivity index (χ0) is 16.2. The van der Waals surface area contributed by atoms with E-state index in [-0.39, 0.29) is 6.10 Å². The Morgan fingerprint density at radius 1 is 1.18 bits per heavy atom. The van der Waals surface area contributed by atoms with Gasteiger partial charge in [0.05, 0.1) is 6.10 Å². The first-order valence-corrected chi connectivity index (χ1v) is 11.4. The van der Waals surface area contributed by atoms with E-state index in [1.165, 1.54) is 0 Å². The van der Waals surface area contributed by atoms with Gasteiger partial charge in [-0.1, -0.05) is 19.9 Å². The van der Waals surface area contributed by atoms with Crippen LogP contribution in [-0.4, -0.2) is 38.6 Å². The molecule has 2 rings (SSSR count). The molecule has 0 aliphatic heterocycles. The van der Waals surface area contributed by atoms with Crippen molar-refractivity contribution in [2.75, 3.05) is 13.2 Å². The molecule has 0 bridgehead atoms. The van der Waals surface area contributed by atoms with E-state index in [1.807, 2.05) is 24.4 Å². The van der Waals surface area contributed by atoms with Crippen LogP contribution in [0, 0.1) is 0 Å². The van der Waals surface area contributed by atoms with Gasteiger partial charge in [0, 0.05) is 29.7 Å². The first-order chi connectivity index (χ1) is 10.3. The summed E-state index contributed by atoms with van der Waals surface area (Å²) >= 11 is 0. The van der Waals surface area contributed by atoms with Gasteiger partial charge in [0.25, 0.3) is 0 Å². The molecule has 1 aromatic heterocycles. The van der Waals surface area contributed by atoms with Crippen LogP contribution < -0.4 is 10.1 Å². The molecule has 4 nitrogen and oxygen atoms in total. The number of fused-ring (bicyclic) bond motifs is 1. The van der Waals surface area contributed by atoms with Gasteiger partial charge in [0.15, 0.2) is 8.32 Å². The minimum atomic E-state index is -1.60. The lowest BCUT2D eigenvalue weighted by atomic mass is 10.2. The van der Waals surface area contributed by atoms with Crippen molar-refractivity contribution in [3.05, 3.63) is 30.5 Å². The zero-order valence-electron chi connectivity index (χ0n) is 14.3. The predicted octanol–water partition coefficient (Wildman–Crippen LogP) is 3.76. The molecule has 1 unspecified atom stereocenters. The van der Waals surface area contributed by atoms with Crippen LogP contribution in [-0.2, 0) is 4.43 Å². The van der Waals surface area contributed by atoms with Crippen LogP contribution >= 0.6 is 0 Å². The van der Waals surface area contributed by atoms with Crippen molar-refractivity contribution < 1.29 is 9.16 Å². The molecule has 0 saturated carbocycles. The Balaban J connectivity index is 2.01. The molecule has 0 fully saturated rings. The van der Waals surface area contributed by atoms with E-state index in [1.54, 1.807) is 0 Å². The lowest BCUT2D eigenvalue weighted by Crippen LogP contribution is -2.43.